The Morgan fingerprint density at radius 1 is 1.33 bits per heavy atom. The Balaban J connectivity index is 3.30. The molecule has 0 aliphatic rings. The Bertz CT molecular complexity index is 387. The lowest BCUT2D eigenvalue weighted by Gasteiger charge is -2.09. The average molecular weight is 239 g/mol. The Kier molecular flexibility index (Phi) is 3.24. The zero-order chi connectivity index (χ0) is 11.6. The van der Waals surface area contributed by atoms with Crippen molar-refractivity contribution in [3.05, 3.63) is 29.3 Å². The van der Waals surface area contributed by atoms with Crippen molar-refractivity contribution in [3.8, 4) is 5.75 Å². The van der Waals surface area contributed by atoms with Crippen molar-refractivity contribution in [2.75, 3.05) is 7.11 Å². The third kappa shape index (κ3) is 2.86. The minimum atomic E-state index is -4.53. The summed E-state index contributed by atoms with van der Waals surface area (Å²) in [6, 6.07) is 2.62. The molecule has 0 radical (unpaired) electrons. The molecule has 15 heavy (non-hydrogen) atoms. The molecule has 0 atom stereocenters. The lowest BCUT2D eigenvalue weighted by molar-refractivity contribution is -0.137. The quantitative estimate of drug-likeness (QED) is 0.740. The highest BCUT2D eigenvalue weighted by Gasteiger charge is 2.31. The van der Waals surface area contributed by atoms with Crippen LogP contribution in [-0.2, 0) is 6.18 Å². The highest BCUT2D eigenvalue weighted by molar-refractivity contribution is 6.67. The van der Waals surface area contributed by atoms with Crippen LogP contribution in [0.5, 0.6) is 5.75 Å². The lowest BCUT2D eigenvalue weighted by atomic mass is 10.1. The molecule has 0 aliphatic carbocycles. The predicted octanol–water partition coefficient (Wildman–Crippen LogP) is 3.09. The van der Waals surface area contributed by atoms with Crippen molar-refractivity contribution in [1.29, 1.82) is 0 Å². The number of rotatable bonds is 2. The van der Waals surface area contributed by atoms with Crippen LogP contribution in [0.1, 0.15) is 15.9 Å². The molecule has 0 bridgehead atoms. The molecule has 2 nitrogen and oxygen atoms in total. The third-order valence-electron chi connectivity index (χ3n) is 1.70. The van der Waals surface area contributed by atoms with E-state index in [0.717, 1.165) is 12.1 Å². The van der Waals surface area contributed by atoms with Crippen molar-refractivity contribution < 1.29 is 22.7 Å². The molecule has 1 aromatic rings. The molecule has 0 fully saturated rings. The average Bonchev–Trinajstić information content (AvgIpc) is 2.15. The second-order valence-electron chi connectivity index (χ2n) is 2.72. The Hall–Kier alpha value is -1.23. The molecule has 0 aliphatic heterocycles. The molecule has 0 amide bonds. The molecule has 0 aromatic heterocycles. The summed E-state index contributed by atoms with van der Waals surface area (Å²) in [5.74, 6) is -0.0613. The molecular formula is C9H6ClF3O2. The van der Waals surface area contributed by atoms with E-state index in [1.165, 1.54) is 7.11 Å². The summed E-state index contributed by atoms with van der Waals surface area (Å²) in [5, 5.41) is -0.959. The summed E-state index contributed by atoms with van der Waals surface area (Å²) < 4.78 is 41.6. The van der Waals surface area contributed by atoms with Gasteiger partial charge in [-0.15, -0.1) is 0 Å². The minimum absolute atomic E-state index is 0.0613. The van der Waals surface area contributed by atoms with Crippen LogP contribution < -0.4 is 4.74 Å². The van der Waals surface area contributed by atoms with Crippen LogP contribution in [0, 0.1) is 0 Å². The van der Waals surface area contributed by atoms with Crippen LogP contribution in [0.25, 0.3) is 0 Å². The van der Waals surface area contributed by atoms with Gasteiger partial charge in [0.15, 0.2) is 0 Å². The largest absolute Gasteiger partial charge is 0.497 e. The number of benzene rings is 1. The monoisotopic (exact) mass is 238 g/mol. The molecule has 1 rings (SSSR count). The first-order valence-electron chi connectivity index (χ1n) is 3.80. The Labute approximate surface area is 88.6 Å². The van der Waals surface area contributed by atoms with E-state index in [1.54, 1.807) is 0 Å². The highest BCUT2D eigenvalue weighted by Crippen LogP contribution is 2.32. The molecule has 82 valence electrons. The summed E-state index contributed by atoms with van der Waals surface area (Å²) in [5.41, 5.74) is -1.21. The van der Waals surface area contributed by atoms with Gasteiger partial charge in [0.05, 0.1) is 12.7 Å². The fraction of sp³-hybridized carbons (Fsp3) is 0.222. The summed E-state index contributed by atoms with van der Waals surface area (Å²) >= 11 is 5.09. The van der Waals surface area contributed by atoms with Gasteiger partial charge in [0.1, 0.15) is 5.75 Å². The zero-order valence-corrected chi connectivity index (χ0v) is 8.32. The Morgan fingerprint density at radius 2 is 1.93 bits per heavy atom. The molecule has 0 unspecified atom stereocenters. The summed E-state index contributed by atoms with van der Waals surface area (Å²) in [7, 11) is 1.21. The topological polar surface area (TPSA) is 26.3 Å². The molecule has 0 heterocycles. The molecule has 0 spiro atoms. The van der Waals surface area contributed by atoms with Crippen molar-refractivity contribution in [2.45, 2.75) is 6.18 Å². The number of carbonyl (C=O) groups is 1. The number of methoxy groups -OCH3 is 1. The highest BCUT2D eigenvalue weighted by atomic mass is 35.5. The van der Waals surface area contributed by atoms with E-state index in [9.17, 15) is 18.0 Å². The van der Waals surface area contributed by atoms with E-state index in [4.69, 9.17) is 11.6 Å². The maximum atomic E-state index is 12.3. The van der Waals surface area contributed by atoms with E-state index in [1.807, 2.05) is 0 Å². The smallest absolute Gasteiger partial charge is 0.416 e. The second kappa shape index (κ2) is 4.10. The van der Waals surface area contributed by atoms with Gasteiger partial charge in [-0.1, -0.05) is 0 Å². The number of halogens is 4. The van der Waals surface area contributed by atoms with Gasteiger partial charge in [0.2, 0.25) is 0 Å². The standard InChI is InChI=1S/C9H6ClF3O2/c1-15-7-3-5(8(10)14)2-6(4-7)9(11,12)13/h2-4H,1H3. The minimum Gasteiger partial charge on any atom is -0.497 e. The molecule has 1 aromatic carbocycles. The lowest BCUT2D eigenvalue weighted by Crippen LogP contribution is -2.06. The van der Waals surface area contributed by atoms with Crippen LogP contribution in [0.2, 0.25) is 0 Å². The van der Waals surface area contributed by atoms with Crippen molar-refractivity contribution in [3.63, 3.8) is 0 Å². The fourth-order valence-electron chi connectivity index (χ4n) is 0.994. The van der Waals surface area contributed by atoms with Crippen LogP contribution in [-0.4, -0.2) is 12.4 Å². The second-order valence-corrected chi connectivity index (χ2v) is 3.06. The zero-order valence-electron chi connectivity index (χ0n) is 7.56. The fourth-order valence-corrected chi connectivity index (χ4v) is 1.10. The van der Waals surface area contributed by atoms with Gasteiger partial charge in [0.25, 0.3) is 5.24 Å². The van der Waals surface area contributed by atoms with Gasteiger partial charge in [-0.3, -0.25) is 4.79 Å². The van der Waals surface area contributed by atoms with Gasteiger partial charge in [0, 0.05) is 5.56 Å². The Morgan fingerprint density at radius 3 is 2.33 bits per heavy atom. The van der Waals surface area contributed by atoms with Crippen molar-refractivity contribution in [1.82, 2.24) is 0 Å². The molecule has 0 saturated heterocycles. The van der Waals surface area contributed by atoms with Crippen LogP contribution in [0.3, 0.4) is 0 Å². The maximum absolute atomic E-state index is 12.3. The van der Waals surface area contributed by atoms with Gasteiger partial charge < -0.3 is 4.74 Å². The summed E-state index contributed by atoms with van der Waals surface area (Å²) in [6.45, 7) is 0. The number of carbonyl (C=O) groups excluding carboxylic acids is 1. The van der Waals surface area contributed by atoms with Gasteiger partial charge in [-0.05, 0) is 29.8 Å². The first kappa shape index (κ1) is 11.8. The first-order chi connectivity index (χ1) is 6.84. The summed E-state index contributed by atoms with van der Waals surface area (Å²) in [6.07, 6.45) is -4.53. The van der Waals surface area contributed by atoms with E-state index >= 15 is 0 Å². The third-order valence-corrected chi connectivity index (χ3v) is 1.91. The summed E-state index contributed by atoms with van der Waals surface area (Å²) in [4.78, 5) is 10.7. The van der Waals surface area contributed by atoms with Gasteiger partial charge in [-0.2, -0.15) is 13.2 Å². The number of ether oxygens (including phenoxy) is 1. The number of hydrogen-bond acceptors (Lipinski definition) is 2. The van der Waals surface area contributed by atoms with E-state index < -0.39 is 17.0 Å². The first-order valence-corrected chi connectivity index (χ1v) is 4.18. The SMILES string of the molecule is COc1cc(C(=O)Cl)cc(C(F)(F)F)c1. The molecule has 0 N–H and O–H groups in total. The molecule has 6 heteroatoms. The molecule has 0 saturated carbocycles. The van der Waals surface area contributed by atoms with E-state index in [2.05, 4.69) is 4.74 Å². The van der Waals surface area contributed by atoms with Gasteiger partial charge in [-0.25, -0.2) is 0 Å². The van der Waals surface area contributed by atoms with Crippen molar-refractivity contribution in [2.24, 2.45) is 0 Å². The van der Waals surface area contributed by atoms with Crippen LogP contribution >= 0.6 is 11.6 Å². The maximum Gasteiger partial charge on any atom is 0.416 e. The molecular weight excluding hydrogens is 233 g/mol. The van der Waals surface area contributed by atoms with E-state index in [0.29, 0.717) is 6.07 Å². The van der Waals surface area contributed by atoms with E-state index in [-0.39, 0.29) is 11.3 Å². The normalized spacial score (nSPS) is 11.3. The van der Waals surface area contributed by atoms with Crippen LogP contribution in [0.15, 0.2) is 18.2 Å². The van der Waals surface area contributed by atoms with Crippen molar-refractivity contribution >= 4 is 16.8 Å². The number of hydrogen-bond donors (Lipinski definition) is 0. The number of alkyl halides is 3. The van der Waals surface area contributed by atoms with Gasteiger partial charge >= 0.3 is 6.18 Å². The van der Waals surface area contributed by atoms with Crippen LogP contribution in [0.4, 0.5) is 13.2 Å². The predicted molar refractivity (Wildman–Crippen MR) is 48.2 cm³/mol.